The van der Waals surface area contributed by atoms with E-state index in [1.165, 1.54) is 55.5 Å². The van der Waals surface area contributed by atoms with Gasteiger partial charge in [-0.15, -0.1) is 0 Å². The van der Waals surface area contributed by atoms with E-state index in [2.05, 4.69) is 61.6 Å². The number of hydrogen-bond donors (Lipinski definition) is 0. The Balaban J connectivity index is 3.73. The molecule has 0 aliphatic heterocycles. The van der Waals surface area contributed by atoms with Crippen molar-refractivity contribution in [3.8, 4) is 5.75 Å². The first kappa shape index (κ1) is 25.9. The van der Waals surface area contributed by atoms with Gasteiger partial charge in [0.15, 0.2) is 0 Å². The van der Waals surface area contributed by atoms with E-state index in [0.717, 1.165) is 17.3 Å². The van der Waals surface area contributed by atoms with Crippen molar-refractivity contribution in [2.75, 3.05) is 0 Å². The Bertz CT molecular complexity index is 577. The summed E-state index contributed by atoms with van der Waals surface area (Å²) in [6.07, 6.45) is 7.87. The van der Waals surface area contributed by atoms with Gasteiger partial charge in [-0.25, -0.2) is 0 Å². The van der Waals surface area contributed by atoms with Crippen molar-refractivity contribution >= 4 is 31.1 Å². The zero-order chi connectivity index (χ0) is 21.4. The molecular weight excluding hydrogens is 467 g/mol. The van der Waals surface area contributed by atoms with Crippen LogP contribution in [0.2, 0.25) is 26.4 Å². The van der Waals surface area contributed by atoms with Gasteiger partial charge < -0.3 is 0 Å². The molecule has 0 aromatic carbocycles. The zero-order valence-corrected chi connectivity index (χ0v) is 24.3. The third-order valence-electron chi connectivity index (χ3n) is 5.57. The first-order chi connectivity index (χ1) is 13.1. The summed E-state index contributed by atoms with van der Waals surface area (Å²) in [5, 5.41) is 0. The van der Waals surface area contributed by atoms with Gasteiger partial charge in [-0.05, 0) is 0 Å². The van der Waals surface area contributed by atoms with Crippen molar-refractivity contribution in [1.82, 2.24) is 9.97 Å². The minimum absolute atomic E-state index is 0.0149. The third-order valence-corrected chi connectivity index (χ3v) is 21.3. The van der Waals surface area contributed by atoms with E-state index in [1.54, 1.807) is 0 Å². The molecule has 0 aliphatic rings. The first-order valence-corrected chi connectivity index (χ1v) is 21.9. The van der Waals surface area contributed by atoms with Gasteiger partial charge in [-0.2, -0.15) is 0 Å². The Morgan fingerprint density at radius 1 is 0.857 bits per heavy atom. The second-order valence-electron chi connectivity index (χ2n) is 9.80. The maximum atomic E-state index is 6.67. The van der Waals surface area contributed by atoms with Crippen LogP contribution < -0.4 is 8.14 Å². The SMILES string of the molecule is CCC[CH2][Sn]([CH2]CCC)([CH2]CCC)[c]1nc(C)nc(C(C)(C)C)c1O[SiH](C)C. The maximum absolute atomic E-state index is 6.67. The predicted molar refractivity (Wildman–Crippen MR) is 130 cm³/mol. The standard InChI is InChI=1S/C11H19N2OSi.3C4H9.Sn/c1-8-12-7-9(14-15(5)6)10(13-8)11(2,3)4;3*1-3-4-2;/h15H,1-6H3;3*1,3-4H2,2H3;. The molecule has 0 bridgehead atoms. The Hall–Kier alpha value is -0.104. The Kier molecular flexibility index (Phi) is 11.0. The van der Waals surface area contributed by atoms with Gasteiger partial charge in [0, 0.05) is 0 Å². The molecule has 0 atom stereocenters. The average Bonchev–Trinajstić information content (AvgIpc) is 2.61. The number of nitrogens with zero attached hydrogens (tertiary/aromatic N) is 2. The summed E-state index contributed by atoms with van der Waals surface area (Å²) in [4.78, 5) is 10.1. The Morgan fingerprint density at radius 3 is 1.68 bits per heavy atom. The van der Waals surface area contributed by atoms with Crippen molar-refractivity contribution in [1.29, 1.82) is 0 Å². The molecule has 0 amide bonds. The van der Waals surface area contributed by atoms with Gasteiger partial charge in [0.1, 0.15) is 0 Å². The average molecular weight is 513 g/mol. The predicted octanol–water partition coefficient (Wildman–Crippen LogP) is 6.50. The molecule has 1 aromatic heterocycles. The van der Waals surface area contributed by atoms with Crippen LogP contribution in [-0.4, -0.2) is 37.4 Å². The molecule has 1 aromatic rings. The molecule has 0 N–H and O–H groups in total. The summed E-state index contributed by atoms with van der Waals surface area (Å²) < 4.78 is 12.4. The number of aryl methyl sites for hydroxylation is 1. The topological polar surface area (TPSA) is 35.0 Å². The molecule has 3 nitrogen and oxygen atoms in total. The summed E-state index contributed by atoms with van der Waals surface area (Å²) >= 11 is -2.69. The Labute approximate surface area is 181 Å². The van der Waals surface area contributed by atoms with Crippen LogP contribution in [-0.2, 0) is 5.41 Å². The normalized spacial score (nSPS) is 12.6. The molecule has 5 heteroatoms. The van der Waals surface area contributed by atoms with E-state index in [-0.39, 0.29) is 5.41 Å². The molecule has 0 fully saturated rings. The first-order valence-electron chi connectivity index (χ1n) is 11.7. The number of aromatic nitrogens is 2. The van der Waals surface area contributed by atoms with Crippen LogP contribution in [0.25, 0.3) is 0 Å². The van der Waals surface area contributed by atoms with Crippen molar-refractivity contribution in [3.05, 3.63) is 11.5 Å². The van der Waals surface area contributed by atoms with Crippen LogP contribution in [0.5, 0.6) is 5.75 Å². The van der Waals surface area contributed by atoms with E-state index in [0.29, 0.717) is 0 Å². The number of hydrogen-bond acceptors (Lipinski definition) is 3. The van der Waals surface area contributed by atoms with Crippen molar-refractivity contribution in [2.24, 2.45) is 0 Å². The zero-order valence-electron chi connectivity index (χ0n) is 20.2. The van der Waals surface area contributed by atoms with E-state index in [1.807, 2.05) is 0 Å². The quantitative estimate of drug-likeness (QED) is 0.299. The van der Waals surface area contributed by atoms with Crippen LogP contribution in [0, 0.1) is 6.92 Å². The van der Waals surface area contributed by atoms with Gasteiger partial charge in [-0.3, -0.25) is 0 Å². The van der Waals surface area contributed by atoms with E-state index < -0.39 is 27.4 Å². The molecule has 0 saturated carbocycles. The fourth-order valence-electron chi connectivity index (χ4n) is 4.05. The van der Waals surface area contributed by atoms with E-state index in [9.17, 15) is 0 Å². The molecule has 28 heavy (non-hydrogen) atoms. The molecule has 0 aliphatic carbocycles. The molecule has 1 heterocycles. The van der Waals surface area contributed by atoms with Crippen molar-refractivity contribution < 1.29 is 4.43 Å². The fraction of sp³-hybridized carbons (Fsp3) is 0.826. The molecular formula is C23H46N2OSiSn. The molecule has 0 unspecified atom stereocenters. The minimum atomic E-state index is -2.69. The molecule has 0 radical (unpaired) electrons. The van der Waals surface area contributed by atoms with E-state index >= 15 is 0 Å². The van der Waals surface area contributed by atoms with Gasteiger partial charge in [0.2, 0.25) is 0 Å². The number of rotatable bonds is 12. The second-order valence-corrected chi connectivity index (χ2v) is 25.1. The molecule has 0 spiro atoms. The summed E-state index contributed by atoms with van der Waals surface area (Å²) in [7, 11) is -1.24. The molecule has 1 rings (SSSR count). The second kappa shape index (κ2) is 11.9. The summed E-state index contributed by atoms with van der Waals surface area (Å²) in [6, 6.07) is 0. The van der Waals surface area contributed by atoms with Gasteiger partial charge >= 0.3 is 182 Å². The molecule has 162 valence electrons. The van der Waals surface area contributed by atoms with Crippen molar-refractivity contribution in [3.63, 3.8) is 0 Å². The fourth-order valence-corrected chi connectivity index (χ4v) is 21.1. The van der Waals surface area contributed by atoms with Gasteiger partial charge in [-0.1, -0.05) is 0 Å². The summed E-state index contributed by atoms with van der Waals surface area (Å²) in [5.74, 6) is 2.07. The summed E-state index contributed by atoms with van der Waals surface area (Å²) in [6.45, 7) is 20.5. The van der Waals surface area contributed by atoms with Crippen LogP contribution in [0.15, 0.2) is 0 Å². The van der Waals surface area contributed by atoms with Crippen LogP contribution in [0.3, 0.4) is 0 Å². The third kappa shape index (κ3) is 7.30. The van der Waals surface area contributed by atoms with Gasteiger partial charge in [0.25, 0.3) is 0 Å². The van der Waals surface area contributed by atoms with Crippen molar-refractivity contribution in [2.45, 2.75) is 119 Å². The van der Waals surface area contributed by atoms with Crippen LogP contribution in [0.1, 0.15) is 91.6 Å². The number of unbranched alkanes of at least 4 members (excludes halogenated alkanes) is 3. The van der Waals surface area contributed by atoms with Crippen LogP contribution in [0.4, 0.5) is 0 Å². The monoisotopic (exact) mass is 514 g/mol. The van der Waals surface area contributed by atoms with Gasteiger partial charge in [0.05, 0.1) is 0 Å². The summed E-state index contributed by atoms with van der Waals surface area (Å²) in [5.41, 5.74) is 1.14. The van der Waals surface area contributed by atoms with E-state index in [4.69, 9.17) is 14.4 Å². The Morgan fingerprint density at radius 2 is 1.32 bits per heavy atom. The molecule has 0 saturated heterocycles. The van der Waals surface area contributed by atoms with Crippen LogP contribution >= 0.6 is 0 Å².